The highest BCUT2D eigenvalue weighted by Crippen LogP contribution is 2.46. The van der Waals surface area contributed by atoms with Gasteiger partial charge in [-0.15, -0.1) is 0 Å². The van der Waals surface area contributed by atoms with Crippen LogP contribution < -0.4 is 9.80 Å². The molecule has 0 amide bonds. The van der Waals surface area contributed by atoms with E-state index >= 15 is 0 Å². The number of nitrogens with zero attached hydrogens (tertiary/aromatic N) is 2. The number of rotatable bonds is 10. The molecule has 6 heteroatoms. The monoisotopic (exact) mass is 534 g/mol. The van der Waals surface area contributed by atoms with Crippen LogP contribution in [0.25, 0.3) is 0 Å². The quantitative estimate of drug-likeness (QED) is 0.414. The average Bonchev–Trinajstić information content (AvgIpc) is 2.96. The fourth-order valence-corrected chi connectivity index (χ4v) is 8.20. The Bertz CT molecular complexity index is 1050. The minimum atomic E-state index is 0.646. The molecule has 4 aliphatic rings. The molecule has 212 valence electrons. The molecule has 0 saturated heterocycles. The van der Waals surface area contributed by atoms with Gasteiger partial charge < -0.3 is 28.7 Å². The van der Waals surface area contributed by atoms with Crippen LogP contribution in [0.1, 0.15) is 81.3 Å². The highest BCUT2D eigenvalue weighted by Gasteiger charge is 2.34. The topological polar surface area (TPSA) is 43.4 Å². The number of hydrogen-bond acceptors (Lipinski definition) is 6. The lowest BCUT2D eigenvalue weighted by Gasteiger charge is -2.41. The molecule has 4 heterocycles. The van der Waals surface area contributed by atoms with E-state index in [1.165, 1.54) is 119 Å². The van der Waals surface area contributed by atoms with Gasteiger partial charge in [0.25, 0.3) is 0 Å². The fraction of sp³-hybridized carbons (Fsp3) is 0.636. The van der Waals surface area contributed by atoms with Gasteiger partial charge in [0.1, 0.15) is 0 Å². The summed E-state index contributed by atoms with van der Waals surface area (Å²) in [5.41, 5.74) is 17.6. The molecule has 0 N–H and O–H groups in total. The summed E-state index contributed by atoms with van der Waals surface area (Å²) in [7, 11) is 7.38. The van der Waals surface area contributed by atoms with E-state index in [-0.39, 0.29) is 0 Å². The predicted molar refractivity (Wildman–Crippen MR) is 156 cm³/mol. The Hall–Kier alpha value is -2.12. The smallest absolute Gasteiger partial charge is 0.0719 e. The first kappa shape index (κ1) is 27.1. The first-order chi connectivity index (χ1) is 19.2. The maximum atomic E-state index is 5.93. The summed E-state index contributed by atoms with van der Waals surface area (Å²) in [5, 5.41) is 0. The second-order valence-electron chi connectivity index (χ2n) is 11.8. The number of benzene rings is 2. The summed E-state index contributed by atoms with van der Waals surface area (Å²) in [4.78, 5) is 5.29. The molecule has 0 atom stereocenters. The number of hydrogen-bond donors (Lipinski definition) is 0. The zero-order valence-electron chi connectivity index (χ0n) is 24.5. The van der Waals surface area contributed by atoms with Gasteiger partial charge in [0.05, 0.1) is 26.4 Å². The number of ether oxygens (including phenoxy) is 4. The second-order valence-corrected chi connectivity index (χ2v) is 11.8. The van der Waals surface area contributed by atoms with Crippen LogP contribution in [-0.4, -0.2) is 54.6 Å². The van der Waals surface area contributed by atoms with Gasteiger partial charge in [-0.1, -0.05) is 0 Å². The lowest BCUT2D eigenvalue weighted by atomic mass is 9.77. The van der Waals surface area contributed by atoms with E-state index < -0.39 is 0 Å². The van der Waals surface area contributed by atoms with Gasteiger partial charge in [-0.25, -0.2) is 0 Å². The Morgan fingerprint density at radius 2 is 0.718 bits per heavy atom. The van der Waals surface area contributed by atoms with E-state index in [2.05, 4.69) is 9.80 Å². The molecule has 39 heavy (non-hydrogen) atoms. The SMILES string of the molecule is COCc1c(Cc2c(COC)c3c4c(c2COC)CCCN4CCC3)c(COC)c2c3c1CCCN3CCC2. The summed E-state index contributed by atoms with van der Waals surface area (Å²) in [5.74, 6) is 0. The van der Waals surface area contributed by atoms with Gasteiger partial charge in [-0.2, -0.15) is 0 Å². The lowest BCUT2D eigenvalue weighted by Crippen LogP contribution is -2.37. The maximum absolute atomic E-state index is 5.93. The molecule has 0 bridgehead atoms. The molecule has 6 rings (SSSR count). The van der Waals surface area contributed by atoms with E-state index in [1.807, 2.05) is 28.4 Å². The van der Waals surface area contributed by atoms with Crippen molar-refractivity contribution in [3.05, 3.63) is 55.6 Å². The fourth-order valence-electron chi connectivity index (χ4n) is 8.20. The van der Waals surface area contributed by atoms with Crippen LogP contribution in [0.4, 0.5) is 11.4 Å². The van der Waals surface area contributed by atoms with E-state index in [0.29, 0.717) is 26.4 Å². The van der Waals surface area contributed by atoms with Gasteiger partial charge >= 0.3 is 0 Å². The highest BCUT2D eigenvalue weighted by molar-refractivity contribution is 5.73. The first-order valence-corrected chi connectivity index (χ1v) is 15.0. The third kappa shape index (κ3) is 4.67. The van der Waals surface area contributed by atoms with Gasteiger partial charge in [-0.05, 0) is 113 Å². The van der Waals surface area contributed by atoms with Gasteiger partial charge in [0, 0.05) is 66.0 Å². The van der Waals surface area contributed by atoms with Crippen molar-refractivity contribution in [1.29, 1.82) is 0 Å². The third-order valence-electron chi connectivity index (χ3n) is 9.62. The summed E-state index contributed by atoms with van der Waals surface area (Å²) in [6.07, 6.45) is 10.3. The second kappa shape index (κ2) is 11.8. The van der Waals surface area contributed by atoms with Crippen molar-refractivity contribution in [2.45, 2.75) is 84.2 Å². The minimum absolute atomic E-state index is 0.646. The Balaban J connectivity index is 1.61. The largest absolute Gasteiger partial charge is 0.380 e. The zero-order valence-corrected chi connectivity index (χ0v) is 24.5. The van der Waals surface area contributed by atoms with Crippen LogP contribution in [0.2, 0.25) is 0 Å². The Morgan fingerprint density at radius 3 is 0.974 bits per heavy atom. The van der Waals surface area contributed by atoms with E-state index in [0.717, 1.165) is 32.1 Å². The molecule has 2 aromatic rings. The minimum Gasteiger partial charge on any atom is -0.380 e. The molecule has 6 nitrogen and oxygen atoms in total. The third-order valence-corrected chi connectivity index (χ3v) is 9.62. The Kier molecular flexibility index (Phi) is 8.17. The maximum Gasteiger partial charge on any atom is 0.0719 e. The van der Waals surface area contributed by atoms with Crippen LogP contribution in [0.5, 0.6) is 0 Å². The first-order valence-electron chi connectivity index (χ1n) is 15.0. The molecule has 0 saturated carbocycles. The van der Waals surface area contributed by atoms with Gasteiger partial charge in [-0.3, -0.25) is 0 Å². The molecule has 4 aliphatic heterocycles. The van der Waals surface area contributed by atoms with Crippen molar-refractivity contribution in [2.24, 2.45) is 0 Å². The molecule has 2 aromatic carbocycles. The zero-order chi connectivity index (χ0) is 26.9. The van der Waals surface area contributed by atoms with Crippen LogP contribution in [0, 0.1) is 0 Å². The summed E-state index contributed by atoms with van der Waals surface area (Å²) >= 11 is 0. The van der Waals surface area contributed by atoms with Crippen molar-refractivity contribution in [3.8, 4) is 0 Å². The van der Waals surface area contributed by atoms with Crippen LogP contribution in [-0.2, 0) is 77.5 Å². The molecule has 0 unspecified atom stereocenters. The molecule has 0 fully saturated rings. The number of anilines is 2. The van der Waals surface area contributed by atoms with Crippen molar-refractivity contribution >= 4 is 11.4 Å². The standard InChI is InChI=1S/C33H46N2O4/c1-36-18-28-22-9-5-13-34-14-6-10-23(32(22)34)29(19-37-2)26(28)17-27-30(20-38-3)24-11-7-15-35-16-8-12-25(33(24)35)31(27)21-39-4/h5-21H2,1-4H3. The molecular weight excluding hydrogens is 488 g/mol. The van der Waals surface area contributed by atoms with Crippen LogP contribution in [0.15, 0.2) is 0 Å². The van der Waals surface area contributed by atoms with Crippen molar-refractivity contribution in [2.75, 3.05) is 64.4 Å². The number of methoxy groups -OCH3 is 4. The van der Waals surface area contributed by atoms with Gasteiger partial charge in [0.2, 0.25) is 0 Å². The predicted octanol–water partition coefficient (Wildman–Crippen LogP) is 5.26. The molecule has 0 aliphatic carbocycles. The molecule has 0 spiro atoms. The highest BCUT2D eigenvalue weighted by atomic mass is 16.5. The summed E-state index contributed by atoms with van der Waals surface area (Å²) in [6, 6.07) is 0. The van der Waals surface area contributed by atoms with Gasteiger partial charge in [0.15, 0.2) is 0 Å². The van der Waals surface area contributed by atoms with E-state index in [9.17, 15) is 0 Å². The van der Waals surface area contributed by atoms with Crippen molar-refractivity contribution in [1.82, 2.24) is 0 Å². The van der Waals surface area contributed by atoms with Crippen molar-refractivity contribution < 1.29 is 18.9 Å². The van der Waals surface area contributed by atoms with Crippen molar-refractivity contribution in [3.63, 3.8) is 0 Å². The summed E-state index contributed by atoms with van der Waals surface area (Å²) < 4.78 is 23.7. The average molecular weight is 535 g/mol. The molecular formula is C33H46N2O4. The Morgan fingerprint density at radius 1 is 0.436 bits per heavy atom. The van der Waals surface area contributed by atoms with Crippen LogP contribution in [0.3, 0.4) is 0 Å². The van der Waals surface area contributed by atoms with Crippen LogP contribution >= 0.6 is 0 Å². The Labute approximate surface area is 234 Å². The molecule has 0 aromatic heterocycles. The molecule has 0 radical (unpaired) electrons. The van der Waals surface area contributed by atoms with E-state index in [1.54, 1.807) is 0 Å². The lowest BCUT2D eigenvalue weighted by molar-refractivity contribution is 0.175. The normalized spacial score (nSPS) is 17.8. The summed E-state index contributed by atoms with van der Waals surface area (Å²) in [6.45, 7) is 7.25. The van der Waals surface area contributed by atoms with E-state index in [4.69, 9.17) is 18.9 Å².